The van der Waals surface area contributed by atoms with Gasteiger partial charge in [0.1, 0.15) is 5.75 Å². The molecular formula is C27H26N2O3S. The van der Waals surface area contributed by atoms with Gasteiger partial charge in [-0.15, -0.1) is 11.3 Å². The van der Waals surface area contributed by atoms with E-state index in [1.165, 1.54) is 11.3 Å². The standard InChI is InChI=1S/C27H26N2O3S/c1-27(2)15-19-24(21(30)16-27)25(17-9-4-7-12-22(17)32-3)29(26(31)23-13-8-14-33-23)20-11-6-5-10-18(20)28-19/h4-14,25,28H,15-16H2,1-3H3. The average Bonchev–Trinajstić information content (AvgIpc) is 3.28. The molecule has 2 aliphatic rings. The number of benzene rings is 2. The minimum absolute atomic E-state index is 0.0569. The van der Waals surface area contributed by atoms with E-state index in [0.29, 0.717) is 22.6 Å². The van der Waals surface area contributed by atoms with E-state index in [1.807, 2.05) is 66.0 Å². The van der Waals surface area contributed by atoms with Crippen molar-refractivity contribution in [1.82, 2.24) is 0 Å². The molecule has 0 spiro atoms. The molecule has 1 amide bonds. The first-order valence-electron chi connectivity index (χ1n) is 11.0. The van der Waals surface area contributed by atoms with Crippen LogP contribution in [0.2, 0.25) is 0 Å². The van der Waals surface area contributed by atoms with Crippen molar-refractivity contribution >= 4 is 34.4 Å². The van der Waals surface area contributed by atoms with Crippen LogP contribution < -0.4 is 15.0 Å². The first-order chi connectivity index (χ1) is 15.9. The Morgan fingerprint density at radius 3 is 2.58 bits per heavy atom. The Balaban J connectivity index is 1.82. The lowest BCUT2D eigenvalue weighted by molar-refractivity contribution is -0.118. The highest BCUT2D eigenvalue weighted by molar-refractivity contribution is 7.12. The summed E-state index contributed by atoms with van der Waals surface area (Å²) >= 11 is 1.40. The largest absolute Gasteiger partial charge is 0.496 e. The van der Waals surface area contributed by atoms with Crippen molar-refractivity contribution in [2.24, 2.45) is 5.41 Å². The second kappa shape index (κ2) is 8.19. The average molecular weight is 459 g/mol. The topological polar surface area (TPSA) is 58.6 Å². The van der Waals surface area contributed by atoms with Gasteiger partial charge < -0.3 is 10.1 Å². The van der Waals surface area contributed by atoms with Gasteiger partial charge in [-0.3, -0.25) is 14.5 Å². The molecule has 1 N–H and O–H groups in total. The second-order valence-corrected chi connectivity index (χ2v) is 10.2. The third-order valence-corrected chi connectivity index (χ3v) is 7.14. The molecule has 0 saturated heterocycles. The Morgan fingerprint density at radius 2 is 1.82 bits per heavy atom. The van der Waals surface area contributed by atoms with Crippen molar-refractivity contribution in [3.63, 3.8) is 0 Å². The quantitative estimate of drug-likeness (QED) is 0.507. The predicted octanol–water partition coefficient (Wildman–Crippen LogP) is 6.21. The molecule has 0 saturated carbocycles. The van der Waals surface area contributed by atoms with Crippen molar-refractivity contribution in [1.29, 1.82) is 0 Å². The number of amides is 1. The number of ether oxygens (including phenoxy) is 1. The first-order valence-corrected chi connectivity index (χ1v) is 11.9. The number of hydrogen-bond donors (Lipinski definition) is 1. The van der Waals surface area contributed by atoms with Gasteiger partial charge >= 0.3 is 0 Å². The molecule has 33 heavy (non-hydrogen) atoms. The Hall–Kier alpha value is -3.38. The molecule has 2 aromatic carbocycles. The van der Waals surface area contributed by atoms with Gasteiger partial charge in [0, 0.05) is 23.3 Å². The number of ketones is 1. The van der Waals surface area contributed by atoms with Gasteiger partial charge in [-0.2, -0.15) is 0 Å². The number of allylic oxidation sites excluding steroid dienone is 1. The Bertz CT molecular complexity index is 1260. The van der Waals surface area contributed by atoms with Gasteiger partial charge in [-0.1, -0.05) is 50.2 Å². The summed E-state index contributed by atoms with van der Waals surface area (Å²) in [5.41, 5.74) is 3.70. The highest BCUT2D eigenvalue weighted by Gasteiger charge is 2.44. The molecular weight excluding hydrogens is 432 g/mol. The number of anilines is 2. The lowest BCUT2D eigenvalue weighted by Gasteiger charge is -2.37. The van der Waals surface area contributed by atoms with Crippen LogP contribution in [-0.4, -0.2) is 18.8 Å². The molecule has 5 nitrogen and oxygen atoms in total. The summed E-state index contributed by atoms with van der Waals surface area (Å²) in [5, 5.41) is 5.44. The van der Waals surface area contributed by atoms with Gasteiger partial charge in [0.05, 0.1) is 29.4 Å². The number of Topliss-reactive ketones (excluding diaryl/α,β-unsaturated/α-hetero) is 1. The SMILES string of the molecule is COc1ccccc1C1C2=C(CC(C)(C)CC2=O)Nc2ccccc2N1C(=O)c1cccs1. The number of para-hydroxylation sites is 3. The van der Waals surface area contributed by atoms with Crippen LogP contribution in [0, 0.1) is 5.41 Å². The first kappa shape index (κ1) is 21.5. The predicted molar refractivity (Wildman–Crippen MR) is 132 cm³/mol. The minimum Gasteiger partial charge on any atom is -0.496 e. The van der Waals surface area contributed by atoms with Crippen LogP contribution in [0.3, 0.4) is 0 Å². The number of fused-ring (bicyclic) bond motifs is 1. The monoisotopic (exact) mass is 458 g/mol. The lowest BCUT2D eigenvalue weighted by atomic mass is 9.73. The maximum absolute atomic E-state index is 14.0. The molecule has 0 bridgehead atoms. The zero-order chi connectivity index (χ0) is 23.2. The van der Waals surface area contributed by atoms with Crippen molar-refractivity contribution < 1.29 is 14.3 Å². The van der Waals surface area contributed by atoms with Crippen LogP contribution in [0.15, 0.2) is 77.3 Å². The van der Waals surface area contributed by atoms with Crippen LogP contribution >= 0.6 is 11.3 Å². The maximum atomic E-state index is 14.0. The van der Waals surface area contributed by atoms with E-state index < -0.39 is 6.04 Å². The van der Waals surface area contributed by atoms with E-state index in [-0.39, 0.29) is 17.1 Å². The van der Waals surface area contributed by atoms with Crippen LogP contribution in [0.1, 0.15) is 48.0 Å². The van der Waals surface area contributed by atoms with Crippen molar-refractivity contribution in [2.75, 3.05) is 17.3 Å². The van der Waals surface area contributed by atoms with Gasteiger partial charge in [0.25, 0.3) is 5.91 Å². The highest BCUT2D eigenvalue weighted by Crippen LogP contribution is 2.50. The molecule has 168 valence electrons. The third kappa shape index (κ3) is 3.74. The smallest absolute Gasteiger partial charge is 0.269 e. The van der Waals surface area contributed by atoms with E-state index >= 15 is 0 Å². The molecule has 2 heterocycles. The number of carbonyl (C=O) groups is 2. The number of methoxy groups -OCH3 is 1. The summed E-state index contributed by atoms with van der Waals surface area (Å²) in [6.07, 6.45) is 1.14. The van der Waals surface area contributed by atoms with Crippen molar-refractivity contribution in [3.05, 3.63) is 87.8 Å². The molecule has 1 aromatic heterocycles. The number of rotatable bonds is 3. The van der Waals surface area contributed by atoms with Crippen LogP contribution in [-0.2, 0) is 4.79 Å². The zero-order valence-electron chi connectivity index (χ0n) is 18.9. The third-order valence-electron chi connectivity index (χ3n) is 6.29. The maximum Gasteiger partial charge on any atom is 0.269 e. The van der Waals surface area contributed by atoms with Crippen LogP contribution in [0.25, 0.3) is 0 Å². The normalized spacial score (nSPS) is 19.3. The molecule has 1 aliphatic carbocycles. The summed E-state index contributed by atoms with van der Waals surface area (Å²) in [6, 6.07) is 18.5. The Kier molecular flexibility index (Phi) is 5.33. The summed E-state index contributed by atoms with van der Waals surface area (Å²) in [5.74, 6) is 0.568. The fourth-order valence-corrected chi connectivity index (χ4v) is 5.58. The van der Waals surface area contributed by atoms with E-state index in [4.69, 9.17) is 4.74 Å². The van der Waals surface area contributed by atoms with E-state index in [9.17, 15) is 9.59 Å². The number of thiophene rings is 1. The Morgan fingerprint density at radius 1 is 1.06 bits per heavy atom. The van der Waals surface area contributed by atoms with E-state index in [0.717, 1.165) is 29.1 Å². The van der Waals surface area contributed by atoms with Crippen molar-refractivity contribution in [3.8, 4) is 5.75 Å². The highest BCUT2D eigenvalue weighted by atomic mass is 32.1. The summed E-state index contributed by atoms with van der Waals surface area (Å²) in [4.78, 5) is 30.1. The lowest BCUT2D eigenvalue weighted by Crippen LogP contribution is -2.39. The number of nitrogens with one attached hydrogen (secondary N) is 1. The number of carbonyl (C=O) groups excluding carboxylic acids is 2. The second-order valence-electron chi connectivity index (χ2n) is 9.27. The summed E-state index contributed by atoms with van der Waals surface area (Å²) in [6.45, 7) is 4.22. The Labute approximate surface area is 197 Å². The molecule has 3 aromatic rings. The molecule has 0 radical (unpaired) electrons. The molecule has 1 atom stereocenters. The van der Waals surface area contributed by atoms with Gasteiger partial charge in [-0.05, 0) is 41.5 Å². The summed E-state index contributed by atoms with van der Waals surface area (Å²) in [7, 11) is 1.62. The molecule has 6 heteroatoms. The minimum atomic E-state index is -0.606. The van der Waals surface area contributed by atoms with Crippen LogP contribution in [0.5, 0.6) is 5.75 Å². The number of nitrogens with zero attached hydrogens (tertiary/aromatic N) is 1. The van der Waals surface area contributed by atoms with Gasteiger partial charge in [-0.25, -0.2) is 0 Å². The molecule has 0 fully saturated rings. The zero-order valence-corrected chi connectivity index (χ0v) is 19.7. The fraction of sp³-hybridized carbons (Fsp3) is 0.259. The van der Waals surface area contributed by atoms with E-state index in [2.05, 4.69) is 19.2 Å². The van der Waals surface area contributed by atoms with E-state index in [1.54, 1.807) is 12.0 Å². The molecule has 1 aliphatic heterocycles. The fourth-order valence-electron chi connectivity index (χ4n) is 4.92. The molecule has 1 unspecified atom stereocenters. The molecule has 5 rings (SSSR count). The summed E-state index contributed by atoms with van der Waals surface area (Å²) < 4.78 is 5.71. The number of hydrogen-bond acceptors (Lipinski definition) is 5. The van der Waals surface area contributed by atoms with Gasteiger partial charge in [0.2, 0.25) is 0 Å². The van der Waals surface area contributed by atoms with Gasteiger partial charge in [0.15, 0.2) is 5.78 Å². The van der Waals surface area contributed by atoms with Crippen LogP contribution in [0.4, 0.5) is 11.4 Å². The van der Waals surface area contributed by atoms with Crippen molar-refractivity contribution in [2.45, 2.75) is 32.7 Å².